The number of fused-ring (bicyclic) bond motifs is 1. The van der Waals surface area contributed by atoms with Crippen molar-refractivity contribution in [2.75, 3.05) is 26.3 Å². The Labute approximate surface area is 134 Å². The molecule has 0 fully saturated rings. The average Bonchev–Trinajstić information content (AvgIpc) is 2.72. The Morgan fingerprint density at radius 2 is 1.91 bits per heavy atom. The molecule has 0 spiro atoms. The summed E-state index contributed by atoms with van der Waals surface area (Å²) >= 11 is 6.15. The third-order valence-electron chi connectivity index (χ3n) is 3.08. The molecular weight excluding hydrogens is 308 g/mol. The van der Waals surface area contributed by atoms with E-state index in [9.17, 15) is 9.59 Å². The van der Waals surface area contributed by atoms with E-state index in [4.69, 9.17) is 21.1 Å². The van der Waals surface area contributed by atoms with Gasteiger partial charge in [0, 0.05) is 32.0 Å². The zero-order valence-electron chi connectivity index (χ0n) is 12.4. The van der Waals surface area contributed by atoms with Crippen molar-refractivity contribution >= 4 is 23.4 Å². The predicted molar refractivity (Wildman–Crippen MR) is 82.7 cm³/mol. The summed E-state index contributed by atoms with van der Waals surface area (Å²) in [7, 11) is 0. The molecule has 1 aromatic rings. The minimum Gasteiger partial charge on any atom is -0.489 e. The van der Waals surface area contributed by atoms with E-state index in [1.165, 1.54) is 6.92 Å². The van der Waals surface area contributed by atoms with Gasteiger partial charge in [0.15, 0.2) is 11.5 Å². The average molecular weight is 327 g/mol. The van der Waals surface area contributed by atoms with Gasteiger partial charge in [-0.2, -0.15) is 0 Å². The summed E-state index contributed by atoms with van der Waals surface area (Å²) in [5.41, 5.74) is 0.425. The lowest BCUT2D eigenvalue weighted by Crippen LogP contribution is -2.28. The van der Waals surface area contributed by atoms with Gasteiger partial charge >= 0.3 is 0 Å². The maximum Gasteiger partial charge on any atom is 0.251 e. The van der Waals surface area contributed by atoms with Crippen molar-refractivity contribution in [2.45, 2.75) is 19.8 Å². The third kappa shape index (κ3) is 4.53. The monoisotopic (exact) mass is 326 g/mol. The first-order valence-corrected chi connectivity index (χ1v) is 7.57. The van der Waals surface area contributed by atoms with Crippen molar-refractivity contribution in [3.8, 4) is 11.5 Å². The standard InChI is InChI=1S/C15H19ClN2O4/c1-10(19)17-4-2-5-18-15(20)11-8-12(16)14-13(9-11)21-6-3-7-22-14/h8-9H,2-7H2,1H3,(H,17,19)(H,18,20). The molecule has 0 radical (unpaired) electrons. The Bertz CT molecular complexity index is 563. The fraction of sp³-hybridized carbons (Fsp3) is 0.467. The van der Waals surface area contributed by atoms with Crippen LogP contribution in [0.4, 0.5) is 0 Å². The number of rotatable bonds is 5. The van der Waals surface area contributed by atoms with Crippen molar-refractivity contribution in [3.63, 3.8) is 0 Å². The van der Waals surface area contributed by atoms with E-state index in [-0.39, 0.29) is 11.8 Å². The summed E-state index contributed by atoms with van der Waals surface area (Å²) in [6.07, 6.45) is 1.43. The molecule has 22 heavy (non-hydrogen) atoms. The number of carbonyl (C=O) groups excluding carboxylic acids is 2. The van der Waals surface area contributed by atoms with Crippen molar-refractivity contribution < 1.29 is 19.1 Å². The highest BCUT2D eigenvalue weighted by molar-refractivity contribution is 6.32. The lowest BCUT2D eigenvalue weighted by Gasteiger charge is -2.12. The van der Waals surface area contributed by atoms with Crippen LogP contribution in [0.5, 0.6) is 11.5 Å². The predicted octanol–water partition coefficient (Wildman–Crippen LogP) is 1.76. The summed E-state index contributed by atoms with van der Waals surface area (Å²) in [5.74, 6) is 0.663. The van der Waals surface area contributed by atoms with Gasteiger partial charge in [0.05, 0.1) is 18.2 Å². The Hall–Kier alpha value is -1.95. The van der Waals surface area contributed by atoms with Crippen LogP contribution in [0.25, 0.3) is 0 Å². The van der Waals surface area contributed by atoms with Crippen LogP contribution >= 0.6 is 11.6 Å². The second-order valence-corrected chi connectivity index (χ2v) is 5.34. The van der Waals surface area contributed by atoms with Gasteiger partial charge < -0.3 is 20.1 Å². The van der Waals surface area contributed by atoms with Crippen LogP contribution in [-0.2, 0) is 4.79 Å². The zero-order chi connectivity index (χ0) is 15.9. The van der Waals surface area contributed by atoms with E-state index >= 15 is 0 Å². The number of halogens is 1. The number of amides is 2. The lowest BCUT2D eigenvalue weighted by molar-refractivity contribution is -0.118. The normalized spacial score (nSPS) is 13.2. The van der Waals surface area contributed by atoms with Crippen LogP contribution in [-0.4, -0.2) is 38.1 Å². The van der Waals surface area contributed by atoms with Gasteiger partial charge in [0.2, 0.25) is 5.91 Å². The van der Waals surface area contributed by atoms with Crippen LogP contribution in [0.1, 0.15) is 30.1 Å². The van der Waals surface area contributed by atoms with Crippen LogP contribution < -0.4 is 20.1 Å². The fourth-order valence-corrected chi connectivity index (χ4v) is 2.28. The first kappa shape index (κ1) is 16.4. The summed E-state index contributed by atoms with van der Waals surface area (Å²) in [5, 5.41) is 5.81. The Morgan fingerprint density at radius 3 is 2.68 bits per heavy atom. The van der Waals surface area contributed by atoms with E-state index in [0.717, 1.165) is 6.42 Å². The molecule has 0 atom stereocenters. The molecule has 2 N–H and O–H groups in total. The van der Waals surface area contributed by atoms with Crippen LogP contribution in [0, 0.1) is 0 Å². The molecule has 1 aliphatic heterocycles. The molecule has 0 aliphatic carbocycles. The molecule has 2 amide bonds. The topological polar surface area (TPSA) is 76.7 Å². The molecule has 6 nitrogen and oxygen atoms in total. The van der Waals surface area contributed by atoms with Gasteiger partial charge in [-0.25, -0.2) is 0 Å². The number of hydrogen-bond acceptors (Lipinski definition) is 4. The number of ether oxygens (including phenoxy) is 2. The number of hydrogen-bond donors (Lipinski definition) is 2. The van der Waals surface area contributed by atoms with Gasteiger partial charge in [0.1, 0.15) is 0 Å². The summed E-state index contributed by atoms with van der Waals surface area (Å²) in [4.78, 5) is 22.8. The van der Waals surface area contributed by atoms with Crippen LogP contribution in [0.2, 0.25) is 5.02 Å². The van der Waals surface area contributed by atoms with Gasteiger partial charge in [0.25, 0.3) is 5.91 Å². The Kier molecular flexibility index (Phi) is 5.89. The third-order valence-corrected chi connectivity index (χ3v) is 3.36. The highest BCUT2D eigenvalue weighted by atomic mass is 35.5. The molecule has 0 saturated heterocycles. The number of benzene rings is 1. The highest BCUT2D eigenvalue weighted by Crippen LogP contribution is 2.37. The highest BCUT2D eigenvalue weighted by Gasteiger charge is 2.18. The molecule has 0 unspecified atom stereocenters. The molecule has 1 aromatic carbocycles. The lowest BCUT2D eigenvalue weighted by atomic mass is 10.2. The van der Waals surface area contributed by atoms with E-state index in [1.807, 2.05) is 0 Å². The summed E-state index contributed by atoms with van der Waals surface area (Å²) < 4.78 is 11.1. The minimum absolute atomic E-state index is 0.0824. The van der Waals surface area contributed by atoms with E-state index in [1.54, 1.807) is 12.1 Å². The SMILES string of the molecule is CC(=O)NCCCNC(=O)c1cc(Cl)c2c(c1)OCCCO2. The van der Waals surface area contributed by atoms with Crippen molar-refractivity contribution in [1.29, 1.82) is 0 Å². The molecular formula is C15H19ClN2O4. The van der Waals surface area contributed by atoms with E-state index in [0.29, 0.717) is 54.8 Å². The molecule has 0 saturated carbocycles. The van der Waals surface area contributed by atoms with Gasteiger partial charge in [-0.1, -0.05) is 11.6 Å². The van der Waals surface area contributed by atoms with Crippen LogP contribution in [0.3, 0.4) is 0 Å². The Balaban J connectivity index is 1.94. The van der Waals surface area contributed by atoms with Crippen molar-refractivity contribution in [3.05, 3.63) is 22.7 Å². The molecule has 7 heteroatoms. The number of carbonyl (C=O) groups is 2. The molecule has 0 bridgehead atoms. The molecule has 120 valence electrons. The summed E-state index contributed by atoms with van der Waals surface area (Å²) in [6.45, 7) is 3.52. The first-order valence-electron chi connectivity index (χ1n) is 7.19. The van der Waals surface area contributed by atoms with Crippen molar-refractivity contribution in [1.82, 2.24) is 10.6 Å². The summed E-state index contributed by atoms with van der Waals surface area (Å²) in [6, 6.07) is 3.20. The zero-order valence-corrected chi connectivity index (χ0v) is 13.2. The number of nitrogens with one attached hydrogen (secondary N) is 2. The molecule has 1 aliphatic rings. The van der Waals surface area contributed by atoms with Gasteiger partial charge in [-0.05, 0) is 18.6 Å². The minimum atomic E-state index is -0.236. The van der Waals surface area contributed by atoms with Gasteiger partial charge in [-0.3, -0.25) is 9.59 Å². The quantitative estimate of drug-likeness (QED) is 0.808. The second-order valence-electron chi connectivity index (χ2n) is 4.93. The van der Waals surface area contributed by atoms with Crippen LogP contribution in [0.15, 0.2) is 12.1 Å². The largest absolute Gasteiger partial charge is 0.489 e. The maximum absolute atomic E-state index is 12.1. The molecule has 1 heterocycles. The van der Waals surface area contributed by atoms with E-state index < -0.39 is 0 Å². The molecule has 2 rings (SSSR count). The smallest absolute Gasteiger partial charge is 0.251 e. The van der Waals surface area contributed by atoms with Gasteiger partial charge in [-0.15, -0.1) is 0 Å². The fourth-order valence-electron chi connectivity index (χ4n) is 2.02. The van der Waals surface area contributed by atoms with E-state index in [2.05, 4.69) is 10.6 Å². The first-order chi connectivity index (χ1) is 10.6. The molecule has 0 aromatic heterocycles. The Morgan fingerprint density at radius 1 is 1.18 bits per heavy atom. The maximum atomic E-state index is 12.1. The van der Waals surface area contributed by atoms with Crippen molar-refractivity contribution in [2.24, 2.45) is 0 Å². The second kappa shape index (κ2) is 7.89.